The molecule has 0 bridgehead atoms. The molecule has 4 saturated heterocycles. The molecule has 4 aromatic carbocycles. The first-order valence-corrected chi connectivity index (χ1v) is 22.8. The van der Waals surface area contributed by atoms with Gasteiger partial charge in [0.15, 0.2) is 23.7 Å². The van der Waals surface area contributed by atoms with Crippen LogP contribution in [0.4, 0.5) is 14.5 Å². The predicted octanol–water partition coefficient (Wildman–Crippen LogP) is 8.30. The summed E-state index contributed by atoms with van der Waals surface area (Å²) in [6, 6.07) is 25.9. The summed E-state index contributed by atoms with van der Waals surface area (Å²) in [5, 5.41) is 6.64. The average Bonchev–Trinajstić information content (AvgIpc) is 3.49. The number of hydrogen-bond donors (Lipinski definition) is 2. The summed E-state index contributed by atoms with van der Waals surface area (Å²) in [5.41, 5.74) is 2.75. The number of benzene rings is 4. The first-order chi connectivity index (χ1) is 30.1. The Bertz CT molecular complexity index is 2400. The largest absolute Gasteiger partial charge is 0.489 e. The Kier molecular flexibility index (Phi) is 12.9. The quantitative estimate of drug-likeness (QED) is 0.126. The van der Waals surface area contributed by atoms with E-state index >= 15 is 8.78 Å². The van der Waals surface area contributed by atoms with Crippen molar-refractivity contribution >= 4 is 54.9 Å². The molecule has 2 N–H and O–H groups in total. The number of rotatable bonds is 11. The van der Waals surface area contributed by atoms with Crippen molar-refractivity contribution in [2.75, 3.05) is 64.0 Å². The van der Waals surface area contributed by atoms with Gasteiger partial charge in [-0.25, -0.2) is 8.78 Å². The SMILES string of the molecule is C=C1CN(C2CCC(=O)NC2=O)COC(N2CCN(CC3CCN(c4c(F)cc(Oc5c(-c6ccc(Br)cc6)sc6cc(OCc7ccccc7)ccc56)cc4F)CC3)CC2)N1. The molecular weight excluding hydrogens is 879 g/mol. The van der Waals surface area contributed by atoms with Gasteiger partial charge < -0.3 is 29.3 Å². The zero-order valence-electron chi connectivity index (χ0n) is 34.3. The first kappa shape index (κ1) is 42.4. The van der Waals surface area contributed by atoms with E-state index in [2.05, 4.69) is 42.9 Å². The highest BCUT2D eigenvalue weighted by Crippen LogP contribution is 2.48. The molecule has 4 fully saturated rings. The number of piperazine rings is 1. The summed E-state index contributed by atoms with van der Waals surface area (Å²) in [6.45, 7) is 10.7. The summed E-state index contributed by atoms with van der Waals surface area (Å²) < 4.78 is 52.6. The third-order valence-electron chi connectivity index (χ3n) is 12.1. The Balaban J connectivity index is 0.802. The molecule has 9 rings (SSSR count). The van der Waals surface area contributed by atoms with Gasteiger partial charge in [0.2, 0.25) is 11.8 Å². The summed E-state index contributed by atoms with van der Waals surface area (Å²) in [7, 11) is 0. The number of carbonyl (C=O) groups excluding carboxylic acids is 2. The van der Waals surface area contributed by atoms with Crippen LogP contribution >= 0.6 is 27.3 Å². The molecular formula is C47H49BrF2N6O5S. The standard InChI is InChI=1S/C47H49BrF2N6O5S/c1-30-26-56(40-13-14-42(57)52-46(40)58)29-60-47(51-30)55-21-19-53(20-22-55)27-31-15-17-54(18-16-31)43-38(49)23-36(24-39(43)50)61-44-37-12-11-35(59-28-32-5-3-2-4-6-32)25-41(37)62-45(44)33-7-9-34(48)10-8-33/h2-12,23-25,31,40,47,51H,1,13-22,26-29H2,(H,52,57,58). The number of imide groups is 1. The molecule has 2 atom stereocenters. The predicted molar refractivity (Wildman–Crippen MR) is 240 cm³/mol. The molecule has 5 aromatic rings. The van der Waals surface area contributed by atoms with Gasteiger partial charge in [-0.15, -0.1) is 11.3 Å². The van der Waals surface area contributed by atoms with Crippen LogP contribution in [-0.4, -0.2) is 98.0 Å². The molecule has 0 saturated carbocycles. The molecule has 2 unspecified atom stereocenters. The molecule has 5 heterocycles. The van der Waals surface area contributed by atoms with Crippen LogP contribution in [0.3, 0.4) is 0 Å². The van der Waals surface area contributed by atoms with Gasteiger partial charge in [0.1, 0.15) is 30.5 Å². The third-order valence-corrected chi connectivity index (χ3v) is 13.8. The highest BCUT2D eigenvalue weighted by molar-refractivity contribution is 9.10. The molecule has 2 amide bonds. The van der Waals surface area contributed by atoms with Crippen molar-refractivity contribution in [2.24, 2.45) is 5.92 Å². The number of carbonyl (C=O) groups is 2. The Morgan fingerprint density at radius 3 is 2.32 bits per heavy atom. The van der Waals surface area contributed by atoms with Gasteiger partial charge in [-0.2, -0.15) is 0 Å². The second kappa shape index (κ2) is 18.8. The molecule has 0 radical (unpaired) electrons. The number of anilines is 1. The Morgan fingerprint density at radius 2 is 1.60 bits per heavy atom. The van der Waals surface area contributed by atoms with Crippen LogP contribution in [0.1, 0.15) is 31.2 Å². The second-order valence-electron chi connectivity index (χ2n) is 16.4. The summed E-state index contributed by atoms with van der Waals surface area (Å²) in [5.74, 6) is -0.0521. The van der Waals surface area contributed by atoms with Crippen LogP contribution in [0.25, 0.3) is 20.5 Å². The van der Waals surface area contributed by atoms with E-state index in [9.17, 15) is 9.59 Å². The number of nitrogens with zero attached hydrogens (tertiary/aromatic N) is 4. The fraction of sp³-hybridized carbons (Fsp3) is 0.362. The number of thiophene rings is 1. The van der Waals surface area contributed by atoms with Crippen molar-refractivity contribution in [3.63, 3.8) is 0 Å². The minimum atomic E-state index is -0.645. The van der Waals surface area contributed by atoms with Crippen LogP contribution in [0.2, 0.25) is 0 Å². The highest BCUT2D eigenvalue weighted by Gasteiger charge is 2.36. The lowest BCUT2D eigenvalue weighted by Crippen LogP contribution is -2.56. The van der Waals surface area contributed by atoms with Crippen molar-refractivity contribution in [3.05, 3.63) is 119 Å². The first-order valence-electron chi connectivity index (χ1n) is 21.1. The van der Waals surface area contributed by atoms with E-state index in [1.165, 1.54) is 12.1 Å². The number of fused-ring (bicyclic) bond motifs is 1. The summed E-state index contributed by atoms with van der Waals surface area (Å²) in [6.07, 6.45) is 2.08. The van der Waals surface area contributed by atoms with Crippen molar-refractivity contribution in [1.82, 2.24) is 25.3 Å². The monoisotopic (exact) mass is 926 g/mol. The zero-order valence-corrected chi connectivity index (χ0v) is 36.7. The fourth-order valence-corrected chi connectivity index (χ4v) is 10.3. The Morgan fingerprint density at radius 1 is 0.855 bits per heavy atom. The minimum absolute atomic E-state index is 0.0124. The van der Waals surface area contributed by atoms with E-state index in [1.54, 1.807) is 11.3 Å². The van der Waals surface area contributed by atoms with Gasteiger partial charge in [-0.3, -0.25) is 24.7 Å². The van der Waals surface area contributed by atoms with Crippen LogP contribution < -0.4 is 25.0 Å². The third kappa shape index (κ3) is 9.68. The van der Waals surface area contributed by atoms with Crippen LogP contribution in [-0.2, 0) is 20.9 Å². The van der Waals surface area contributed by atoms with Crippen molar-refractivity contribution in [3.8, 4) is 27.7 Å². The summed E-state index contributed by atoms with van der Waals surface area (Å²) in [4.78, 5) is 33.4. The molecule has 1 aromatic heterocycles. The maximum Gasteiger partial charge on any atom is 0.243 e. The second-order valence-corrected chi connectivity index (χ2v) is 18.4. The molecule has 15 heteroatoms. The van der Waals surface area contributed by atoms with E-state index in [-0.39, 0.29) is 36.3 Å². The van der Waals surface area contributed by atoms with Gasteiger partial charge in [0, 0.05) is 91.2 Å². The van der Waals surface area contributed by atoms with Gasteiger partial charge in [-0.05, 0) is 66.6 Å². The molecule has 0 spiro atoms. The molecule has 4 aliphatic heterocycles. The molecule has 0 aliphatic carbocycles. The topological polar surface area (TPSA) is 98.9 Å². The smallest absolute Gasteiger partial charge is 0.243 e. The van der Waals surface area contributed by atoms with E-state index in [0.29, 0.717) is 50.8 Å². The van der Waals surface area contributed by atoms with Gasteiger partial charge in [-0.1, -0.05) is 65.0 Å². The molecule has 324 valence electrons. The minimum Gasteiger partial charge on any atom is -0.489 e. The van der Waals surface area contributed by atoms with E-state index in [4.69, 9.17) is 14.2 Å². The van der Waals surface area contributed by atoms with Crippen LogP contribution in [0.5, 0.6) is 17.2 Å². The maximum atomic E-state index is 16.0. The lowest BCUT2D eigenvalue weighted by Gasteiger charge is -2.41. The molecule has 62 heavy (non-hydrogen) atoms. The number of nitrogens with one attached hydrogen (secondary N) is 2. The Hall–Kier alpha value is -4.90. The van der Waals surface area contributed by atoms with Gasteiger partial charge in [0.05, 0.1) is 10.9 Å². The normalized spacial score (nSPS) is 21.1. The van der Waals surface area contributed by atoms with E-state index < -0.39 is 17.7 Å². The van der Waals surface area contributed by atoms with Gasteiger partial charge >= 0.3 is 0 Å². The molecule has 11 nitrogen and oxygen atoms in total. The lowest BCUT2D eigenvalue weighted by atomic mass is 9.95. The van der Waals surface area contributed by atoms with E-state index in [0.717, 1.165) is 87.6 Å². The van der Waals surface area contributed by atoms with Crippen LogP contribution in [0, 0.1) is 17.6 Å². The fourth-order valence-electron chi connectivity index (χ4n) is 8.83. The number of amides is 2. The van der Waals surface area contributed by atoms with E-state index in [1.807, 2.05) is 82.6 Å². The maximum absolute atomic E-state index is 16.0. The highest BCUT2D eigenvalue weighted by atomic mass is 79.9. The Labute approximate surface area is 372 Å². The van der Waals surface area contributed by atoms with Gasteiger partial charge in [0.25, 0.3) is 0 Å². The number of ether oxygens (including phenoxy) is 3. The lowest BCUT2D eigenvalue weighted by molar-refractivity contribution is -0.144. The molecule has 4 aliphatic rings. The summed E-state index contributed by atoms with van der Waals surface area (Å²) >= 11 is 5.07. The number of piperidine rings is 2. The van der Waals surface area contributed by atoms with Crippen molar-refractivity contribution in [1.29, 1.82) is 0 Å². The van der Waals surface area contributed by atoms with Crippen LogP contribution in [0.15, 0.2) is 102 Å². The van der Waals surface area contributed by atoms with Crippen molar-refractivity contribution in [2.45, 2.75) is 44.7 Å². The zero-order chi connectivity index (χ0) is 42.7. The number of halogens is 3. The average molecular weight is 928 g/mol. The van der Waals surface area contributed by atoms with Crippen molar-refractivity contribution < 1.29 is 32.6 Å². The number of hydrogen-bond acceptors (Lipinski definition) is 11.